The molecule has 104 valence electrons. The Morgan fingerprint density at radius 3 is 2.70 bits per heavy atom. The van der Waals surface area contributed by atoms with Crippen LogP contribution in [-0.4, -0.2) is 11.1 Å². The van der Waals surface area contributed by atoms with E-state index >= 15 is 0 Å². The topological polar surface area (TPSA) is 75.3 Å². The Kier molecular flexibility index (Phi) is 4.25. The highest BCUT2D eigenvalue weighted by atomic mass is 16.4. The minimum absolute atomic E-state index is 0.114. The molecule has 0 aliphatic rings. The molecule has 0 unspecified atom stereocenters. The number of hydrogen-bond donors (Lipinski definition) is 3. The van der Waals surface area contributed by atoms with Crippen molar-refractivity contribution in [3.8, 4) is 0 Å². The maximum Gasteiger partial charge on any atom is 0.337 e. The van der Waals surface area contributed by atoms with Crippen molar-refractivity contribution in [3.05, 3.63) is 53.6 Å². The van der Waals surface area contributed by atoms with Gasteiger partial charge in [0.1, 0.15) is 0 Å². The zero-order valence-corrected chi connectivity index (χ0v) is 11.4. The number of aromatic carboxylic acids is 1. The molecule has 0 aliphatic heterocycles. The Labute approximate surface area is 118 Å². The van der Waals surface area contributed by atoms with E-state index < -0.39 is 5.97 Å². The summed E-state index contributed by atoms with van der Waals surface area (Å²) in [6.07, 6.45) is 2.03. The van der Waals surface area contributed by atoms with Gasteiger partial charge in [0.05, 0.1) is 5.56 Å². The van der Waals surface area contributed by atoms with Crippen molar-refractivity contribution in [2.75, 3.05) is 11.1 Å². The molecule has 0 spiro atoms. The van der Waals surface area contributed by atoms with E-state index in [4.69, 9.17) is 10.8 Å². The van der Waals surface area contributed by atoms with Crippen LogP contribution in [0.15, 0.2) is 42.5 Å². The number of carboxylic acids is 1. The van der Waals surface area contributed by atoms with E-state index in [1.165, 1.54) is 5.56 Å². The van der Waals surface area contributed by atoms with Crippen LogP contribution in [0, 0.1) is 0 Å². The molecule has 4 heteroatoms. The number of nitrogens with two attached hydrogens (primary N) is 1. The number of carboxylic acid groups (broad SMARTS) is 1. The molecule has 4 nitrogen and oxygen atoms in total. The monoisotopic (exact) mass is 270 g/mol. The number of hydrogen-bond acceptors (Lipinski definition) is 3. The van der Waals surface area contributed by atoms with Crippen molar-refractivity contribution in [2.45, 2.75) is 19.8 Å². The summed E-state index contributed by atoms with van der Waals surface area (Å²) in [6.45, 7) is 2.13. The smallest absolute Gasteiger partial charge is 0.337 e. The average molecular weight is 270 g/mol. The van der Waals surface area contributed by atoms with Crippen molar-refractivity contribution >= 4 is 23.0 Å². The van der Waals surface area contributed by atoms with Crippen LogP contribution in [0.2, 0.25) is 0 Å². The molecule has 0 aromatic heterocycles. The van der Waals surface area contributed by atoms with E-state index in [-0.39, 0.29) is 11.3 Å². The molecule has 0 fully saturated rings. The third kappa shape index (κ3) is 3.09. The van der Waals surface area contributed by atoms with Gasteiger partial charge in [-0.1, -0.05) is 31.5 Å². The third-order valence-electron chi connectivity index (χ3n) is 3.10. The van der Waals surface area contributed by atoms with Gasteiger partial charge >= 0.3 is 5.97 Å². The summed E-state index contributed by atoms with van der Waals surface area (Å²) < 4.78 is 0. The van der Waals surface area contributed by atoms with E-state index in [9.17, 15) is 4.79 Å². The first kappa shape index (κ1) is 13.9. The maximum absolute atomic E-state index is 11.1. The van der Waals surface area contributed by atoms with Gasteiger partial charge in [0.2, 0.25) is 0 Å². The number of nitrogens with one attached hydrogen (secondary N) is 1. The van der Waals surface area contributed by atoms with Crippen molar-refractivity contribution in [2.24, 2.45) is 0 Å². The van der Waals surface area contributed by atoms with E-state index in [1.54, 1.807) is 18.2 Å². The van der Waals surface area contributed by atoms with Crippen molar-refractivity contribution in [1.82, 2.24) is 0 Å². The molecule has 2 aromatic carbocycles. The van der Waals surface area contributed by atoms with Crippen LogP contribution in [0.5, 0.6) is 0 Å². The lowest BCUT2D eigenvalue weighted by Crippen LogP contribution is -2.04. The molecule has 2 aromatic rings. The van der Waals surface area contributed by atoms with Gasteiger partial charge < -0.3 is 16.2 Å². The second kappa shape index (κ2) is 6.10. The van der Waals surface area contributed by atoms with E-state index in [0.717, 1.165) is 24.2 Å². The Balaban J connectivity index is 2.31. The molecule has 0 aliphatic carbocycles. The van der Waals surface area contributed by atoms with Gasteiger partial charge in [-0.15, -0.1) is 0 Å². The second-order valence-corrected chi connectivity index (χ2v) is 4.64. The largest absolute Gasteiger partial charge is 0.478 e. The van der Waals surface area contributed by atoms with Crippen LogP contribution in [0.4, 0.5) is 17.1 Å². The summed E-state index contributed by atoms with van der Waals surface area (Å²) in [5, 5.41) is 12.3. The van der Waals surface area contributed by atoms with Crippen LogP contribution in [0.3, 0.4) is 0 Å². The maximum atomic E-state index is 11.1. The highest BCUT2D eigenvalue weighted by Gasteiger charge is 2.09. The van der Waals surface area contributed by atoms with Crippen molar-refractivity contribution in [3.63, 3.8) is 0 Å². The van der Waals surface area contributed by atoms with E-state index in [0.29, 0.717) is 0 Å². The summed E-state index contributed by atoms with van der Waals surface area (Å²) in [7, 11) is 0. The number of nitrogen functional groups attached to an aromatic ring is 1. The van der Waals surface area contributed by atoms with Gasteiger partial charge in [-0.3, -0.25) is 0 Å². The number of benzene rings is 2. The Hall–Kier alpha value is -2.49. The number of carbonyl (C=O) groups is 1. The van der Waals surface area contributed by atoms with Crippen LogP contribution >= 0.6 is 0 Å². The quantitative estimate of drug-likeness (QED) is 0.725. The first-order valence-corrected chi connectivity index (χ1v) is 6.59. The Morgan fingerprint density at radius 1 is 1.25 bits per heavy atom. The summed E-state index contributed by atoms with van der Waals surface area (Å²) in [6, 6.07) is 13.0. The fraction of sp³-hybridized carbons (Fsp3) is 0.188. The highest BCUT2D eigenvalue weighted by Crippen LogP contribution is 2.24. The molecular formula is C16H18N2O2. The van der Waals surface area contributed by atoms with Crippen LogP contribution in [0.1, 0.15) is 29.3 Å². The van der Waals surface area contributed by atoms with E-state index in [2.05, 4.69) is 18.3 Å². The van der Waals surface area contributed by atoms with Gasteiger partial charge in [0.25, 0.3) is 0 Å². The normalized spacial score (nSPS) is 10.2. The fourth-order valence-electron chi connectivity index (χ4n) is 2.10. The molecule has 0 radical (unpaired) electrons. The van der Waals surface area contributed by atoms with Crippen LogP contribution in [-0.2, 0) is 6.42 Å². The molecule has 2 rings (SSSR count). The van der Waals surface area contributed by atoms with E-state index in [1.807, 2.05) is 18.2 Å². The molecule has 4 N–H and O–H groups in total. The average Bonchev–Trinajstić information content (AvgIpc) is 2.43. The lowest BCUT2D eigenvalue weighted by molar-refractivity contribution is 0.0698. The summed E-state index contributed by atoms with van der Waals surface area (Å²) >= 11 is 0. The Morgan fingerprint density at radius 2 is 2.00 bits per heavy atom. The summed E-state index contributed by atoms with van der Waals surface area (Å²) in [5.74, 6) is -1.02. The lowest BCUT2D eigenvalue weighted by Gasteiger charge is -2.12. The molecule has 0 bridgehead atoms. The standard InChI is InChI=1S/C16H18N2O2/c1-2-5-11-6-3-4-7-15(11)18-12-8-9-14(17)13(10-12)16(19)20/h3-4,6-10,18H,2,5,17H2,1H3,(H,19,20). The number of rotatable bonds is 5. The van der Waals surface area contributed by atoms with Gasteiger partial charge in [-0.05, 0) is 36.2 Å². The molecule has 0 amide bonds. The van der Waals surface area contributed by atoms with Crippen molar-refractivity contribution in [1.29, 1.82) is 0 Å². The highest BCUT2D eigenvalue weighted by molar-refractivity contribution is 5.95. The molecular weight excluding hydrogens is 252 g/mol. The number of anilines is 3. The SMILES string of the molecule is CCCc1ccccc1Nc1ccc(N)c(C(=O)O)c1. The molecule has 0 atom stereocenters. The first-order valence-electron chi connectivity index (χ1n) is 6.59. The number of para-hydroxylation sites is 1. The summed E-state index contributed by atoms with van der Waals surface area (Å²) in [4.78, 5) is 11.1. The van der Waals surface area contributed by atoms with Gasteiger partial charge in [-0.2, -0.15) is 0 Å². The molecule has 0 heterocycles. The zero-order chi connectivity index (χ0) is 14.5. The molecule has 20 heavy (non-hydrogen) atoms. The fourth-order valence-corrected chi connectivity index (χ4v) is 2.10. The Bertz CT molecular complexity index is 624. The predicted octanol–water partition coefficient (Wildman–Crippen LogP) is 3.66. The first-order chi connectivity index (χ1) is 9.61. The minimum atomic E-state index is -1.02. The third-order valence-corrected chi connectivity index (χ3v) is 3.10. The predicted molar refractivity (Wildman–Crippen MR) is 81.5 cm³/mol. The number of aryl methyl sites for hydroxylation is 1. The van der Waals surface area contributed by atoms with Crippen LogP contribution < -0.4 is 11.1 Å². The zero-order valence-electron chi connectivity index (χ0n) is 11.4. The van der Waals surface area contributed by atoms with Gasteiger partial charge in [0.15, 0.2) is 0 Å². The second-order valence-electron chi connectivity index (χ2n) is 4.64. The van der Waals surface area contributed by atoms with Crippen LogP contribution in [0.25, 0.3) is 0 Å². The molecule has 0 saturated carbocycles. The lowest BCUT2D eigenvalue weighted by atomic mass is 10.1. The van der Waals surface area contributed by atoms with Crippen molar-refractivity contribution < 1.29 is 9.90 Å². The van der Waals surface area contributed by atoms with Gasteiger partial charge in [-0.25, -0.2) is 4.79 Å². The van der Waals surface area contributed by atoms with Gasteiger partial charge in [0, 0.05) is 17.1 Å². The molecule has 0 saturated heterocycles. The minimum Gasteiger partial charge on any atom is -0.478 e. The summed E-state index contributed by atoms with van der Waals surface area (Å²) in [5.41, 5.74) is 8.96.